The van der Waals surface area contributed by atoms with Gasteiger partial charge in [-0.3, -0.25) is 9.89 Å². The third-order valence-electron chi connectivity index (χ3n) is 3.22. The Kier molecular flexibility index (Phi) is 5.27. The molecule has 1 saturated heterocycles. The zero-order valence-corrected chi connectivity index (χ0v) is 12.3. The highest BCUT2D eigenvalue weighted by atomic mass is 32.2. The quantitative estimate of drug-likeness (QED) is 0.772. The Balaban J connectivity index is 1.73. The van der Waals surface area contributed by atoms with E-state index in [2.05, 4.69) is 34.7 Å². The predicted molar refractivity (Wildman–Crippen MR) is 79.7 cm³/mol. The van der Waals surface area contributed by atoms with E-state index in [9.17, 15) is 4.79 Å². The molecule has 0 aliphatic carbocycles. The second kappa shape index (κ2) is 6.96. The van der Waals surface area contributed by atoms with Crippen LogP contribution in [-0.2, 0) is 4.79 Å². The van der Waals surface area contributed by atoms with Crippen molar-refractivity contribution < 1.29 is 4.79 Å². The fourth-order valence-corrected chi connectivity index (χ4v) is 3.06. The van der Waals surface area contributed by atoms with E-state index in [1.54, 1.807) is 11.8 Å². The molecule has 19 heavy (non-hydrogen) atoms. The molecule has 106 valence electrons. The molecule has 0 atom stereocenters. The number of H-pyrrole nitrogens is 1. The number of carbonyl (C=O) groups excluding carboxylic acids is 1. The minimum Gasteiger partial charge on any atom is -0.317 e. The van der Waals surface area contributed by atoms with E-state index in [0.29, 0.717) is 22.7 Å². The van der Waals surface area contributed by atoms with Crippen molar-refractivity contribution in [3.05, 3.63) is 11.8 Å². The van der Waals surface area contributed by atoms with E-state index in [4.69, 9.17) is 0 Å². The van der Waals surface area contributed by atoms with Gasteiger partial charge >= 0.3 is 0 Å². The number of hydrogen-bond acceptors (Lipinski definition) is 4. The summed E-state index contributed by atoms with van der Waals surface area (Å²) in [6, 6.07) is 1.90. The van der Waals surface area contributed by atoms with Crippen molar-refractivity contribution in [2.45, 2.75) is 37.9 Å². The molecule has 1 fully saturated rings. The molecular weight excluding hydrogens is 260 g/mol. The van der Waals surface area contributed by atoms with Crippen LogP contribution in [0, 0.1) is 0 Å². The smallest absolute Gasteiger partial charge is 0.235 e. The molecule has 1 aromatic rings. The number of amides is 1. The fourth-order valence-electron chi connectivity index (χ4n) is 2.03. The highest BCUT2D eigenvalue weighted by Gasteiger charge is 2.15. The van der Waals surface area contributed by atoms with Gasteiger partial charge in [-0.15, -0.1) is 11.8 Å². The molecule has 1 aliphatic rings. The maximum atomic E-state index is 11.8. The number of carbonyl (C=O) groups is 1. The molecule has 6 heteroatoms. The monoisotopic (exact) mass is 282 g/mol. The summed E-state index contributed by atoms with van der Waals surface area (Å²) in [4.78, 5) is 11.8. The van der Waals surface area contributed by atoms with E-state index in [0.717, 1.165) is 31.6 Å². The molecule has 0 aromatic carbocycles. The lowest BCUT2D eigenvalue weighted by molar-refractivity contribution is -0.113. The van der Waals surface area contributed by atoms with Crippen LogP contribution in [0.25, 0.3) is 0 Å². The standard InChI is InChI=1S/C13H22N4OS/c1-9(2)11-7-12(17-16-11)15-13(18)8-19-10-3-5-14-6-4-10/h7,9-10,14H,3-6,8H2,1-2H3,(H2,15,16,17,18). The summed E-state index contributed by atoms with van der Waals surface area (Å²) in [5, 5.41) is 13.8. The van der Waals surface area contributed by atoms with E-state index in [-0.39, 0.29) is 5.91 Å². The lowest BCUT2D eigenvalue weighted by atomic mass is 10.1. The van der Waals surface area contributed by atoms with Crippen LogP contribution in [0.4, 0.5) is 5.82 Å². The Hall–Kier alpha value is -1.01. The summed E-state index contributed by atoms with van der Waals surface area (Å²) < 4.78 is 0. The average molecular weight is 282 g/mol. The normalized spacial score (nSPS) is 16.8. The molecule has 1 aromatic heterocycles. The van der Waals surface area contributed by atoms with Crippen LogP contribution in [0.2, 0.25) is 0 Å². The number of hydrogen-bond donors (Lipinski definition) is 3. The lowest BCUT2D eigenvalue weighted by Crippen LogP contribution is -2.30. The summed E-state index contributed by atoms with van der Waals surface area (Å²) >= 11 is 1.75. The van der Waals surface area contributed by atoms with Crippen LogP contribution in [-0.4, -0.2) is 40.2 Å². The van der Waals surface area contributed by atoms with Crippen LogP contribution < -0.4 is 10.6 Å². The van der Waals surface area contributed by atoms with Gasteiger partial charge in [0.2, 0.25) is 5.91 Å². The third kappa shape index (κ3) is 4.54. The Morgan fingerprint density at radius 3 is 2.89 bits per heavy atom. The summed E-state index contributed by atoms with van der Waals surface area (Å²) in [7, 11) is 0. The maximum absolute atomic E-state index is 11.8. The minimum atomic E-state index is 0.0327. The predicted octanol–water partition coefficient (Wildman–Crippen LogP) is 1.96. The second-order valence-electron chi connectivity index (χ2n) is 5.17. The first-order chi connectivity index (χ1) is 9.15. The number of thioether (sulfide) groups is 1. The Morgan fingerprint density at radius 1 is 1.53 bits per heavy atom. The van der Waals surface area contributed by atoms with E-state index in [1.807, 2.05) is 6.07 Å². The van der Waals surface area contributed by atoms with E-state index < -0.39 is 0 Å². The van der Waals surface area contributed by atoms with Gasteiger partial charge in [0.05, 0.1) is 5.75 Å². The number of aromatic amines is 1. The van der Waals surface area contributed by atoms with Crippen LogP contribution in [0.1, 0.15) is 38.3 Å². The SMILES string of the molecule is CC(C)c1cc(NC(=O)CSC2CCNCC2)n[nH]1. The highest BCUT2D eigenvalue weighted by molar-refractivity contribution is 8.00. The van der Waals surface area contributed by atoms with Crippen molar-refractivity contribution in [3.8, 4) is 0 Å². The van der Waals surface area contributed by atoms with Gasteiger partial charge in [0.25, 0.3) is 0 Å². The summed E-state index contributed by atoms with van der Waals surface area (Å²) in [5.74, 6) is 1.56. The molecule has 2 rings (SSSR count). The van der Waals surface area contributed by atoms with Crippen LogP contribution in [0.5, 0.6) is 0 Å². The zero-order chi connectivity index (χ0) is 13.7. The van der Waals surface area contributed by atoms with Crippen molar-refractivity contribution in [3.63, 3.8) is 0 Å². The van der Waals surface area contributed by atoms with Gasteiger partial charge < -0.3 is 10.6 Å². The van der Waals surface area contributed by atoms with Gasteiger partial charge in [-0.1, -0.05) is 13.8 Å². The molecular formula is C13H22N4OS. The van der Waals surface area contributed by atoms with Gasteiger partial charge in [-0.25, -0.2) is 0 Å². The molecule has 0 saturated carbocycles. The fraction of sp³-hybridized carbons (Fsp3) is 0.692. The van der Waals surface area contributed by atoms with Crippen molar-refractivity contribution in [2.24, 2.45) is 0 Å². The van der Waals surface area contributed by atoms with Gasteiger partial charge in [0, 0.05) is 17.0 Å². The molecule has 0 spiro atoms. The minimum absolute atomic E-state index is 0.0327. The first kappa shape index (κ1) is 14.4. The van der Waals surface area contributed by atoms with Gasteiger partial charge in [0.1, 0.15) is 0 Å². The first-order valence-electron chi connectivity index (χ1n) is 6.82. The van der Waals surface area contributed by atoms with Crippen molar-refractivity contribution in [1.29, 1.82) is 0 Å². The first-order valence-corrected chi connectivity index (χ1v) is 7.87. The van der Waals surface area contributed by atoms with Crippen LogP contribution in [0.15, 0.2) is 6.07 Å². The van der Waals surface area contributed by atoms with Crippen molar-refractivity contribution >= 4 is 23.5 Å². The van der Waals surface area contributed by atoms with Crippen LogP contribution >= 0.6 is 11.8 Å². The van der Waals surface area contributed by atoms with Crippen molar-refractivity contribution in [1.82, 2.24) is 15.5 Å². The molecule has 1 amide bonds. The molecule has 0 unspecified atom stereocenters. The van der Waals surface area contributed by atoms with E-state index >= 15 is 0 Å². The molecule has 0 radical (unpaired) electrons. The maximum Gasteiger partial charge on any atom is 0.235 e. The van der Waals surface area contributed by atoms with E-state index in [1.165, 1.54) is 0 Å². The summed E-state index contributed by atoms with van der Waals surface area (Å²) in [5.41, 5.74) is 1.04. The molecule has 5 nitrogen and oxygen atoms in total. The Bertz CT molecular complexity index is 413. The lowest BCUT2D eigenvalue weighted by Gasteiger charge is -2.21. The zero-order valence-electron chi connectivity index (χ0n) is 11.5. The molecule has 0 bridgehead atoms. The summed E-state index contributed by atoms with van der Waals surface area (Å²) in [6.07, 6.45) is 2.30. The Labute approximate surface area is 118 Å². The number of anilines is 1. The number of aromatic nitrogens is 2. The third-order valence-corrected chi connectivity index (χ3v) is 4.60. The largest absolute Gasteiger partial charge is 0.317 e. The molecule has 1 aliphatic heterocycles. The van der Waals surface area contributed by atoms with Crippen molar-refractivity contribution in [2.75, 3.05) is 24.2 Å². The Morgan fingerprint density at radius 2 is 2.26 bits per heavy atom. The number of nitrogens with zero attached hydrogens (tertiary/aromatic N) is 1. The second-order valence-corrected chi connectivity index (χ2v) is 6.46. The van der Waals surface area contributed by atoms with Gasteiger partial charge in [0.15, 0.2) is 5.82 Å². The number of piperidine rings is 1. The number of rotatable bonds is 5. The topological polar surface area (TPSA) is 69.8 Å². The van der Waals surface area contributed by atoms with Gasteiger partial charge in [-0.2, -0.15) is 5.10 Å². The van der Waals surface area contributed by atoms with Crippen LogP contribution in [0.3, 0.4) is 0 Å². The van der Waals surface area contributed by atoms with Gasteiger partial charge in [-0.05, 0) is 31.8 Å². The summed E-state index contributed by atoms with van der Waals surface area (Å²) in [6.45, 7) is 6.31. The molecule has 2 heterocycles. The molecule has 3 N–H and O–H groups in total. The average Bonchev–Trinajstić information content (AvgIpc) is 2.86. The number of nitrogens with one attached hydrogen (secondary N) is 3. The highest BCUT2D eigenvalue weighted by Crippen LogP contribution is 2.20.